The van der Waals surface area contributed by atoms with Crippen molar-refractivity contribution in [1.29, 1.82) is 0 Å². The highest BCUT2D eigenvalue weighted by Crippen LogP contribution is 2.14. The van der Waals surface area contributed by atoms with Gasteiger partial charge >= 0.3 is 0 Å². The van der Waals surface area contributed by atoms with Crippen LogP contribution in [-0.2, 0) is 0 Å². The molecule has 1 aliphatic carbocycles. The maximum absolute atomic E-state index is 5.21. The molecule has 0 atom stereocenters. The molecule has 3 nitrogen and oxygen atoms in total. The smallest absolute Gasteiger partial charge is 0.126 e. The van der Waals surface area contributed by atoms with Gasteiger partial charge in [0.15, 0.2) is 0 Å². The van der Waals surface area contributed by atoms with Crippen LogP contribution < -0.4 is 5.73 Å². The van der Waals surface area contributed by atoms with Crippen LogP contribution >= 0.6 is 0 Å². The second kappa shape index (κ2) is 3.82. The third-order valence-electron chi connectivity index (χ3n) is 0.958. The van der Waals surface area contributed by atoms with Gasteiger partial charge in [0.2, 0.25) is 0 Å². The van der Waals surface area contributed by atoms with Crippen LogP contribution in [0.15, 0.2) is 18.6 Å². The fourth-order valence-corrected chi connectivity index (χ4v) is 0.301. The molecule has 2 N–H and O–H groups in total. The summed E-state index contributed by atoms with van der Waals surface area (Å²) in [5.41, 5.74) is 5.21. The molecular weight excluding hydrogens is 126 g/mol. The summed E-state index contributed by atoms with van der Waals surface area (Å²) in [6.07, 6.45) is 7.51. The van der Waals surface area contributed by atoms with E-state index in [0.717, 1.165) is 0 Å². The first kappa shape index (κ1) is 6.99. The molecule has 54 valence electrons. The molecule has 10 heavy (non-hydrogen) atoms. The largest absolute Gasteiger partial charge is 0.384 e. The van der Waals surface area contributed by atoms with Gasteiger partial charge in [-0.2, -0.15) is 0 Å². The third-order valence-corrected chi connectivity index (χ3v) is 0.958. The first-order valence-electron chi connectivity index (χ1n) is 3.41. The van der Waals surface area contributed by atoms with Crippen LogP contribution in [0.1, 0.15) is 19.3 Å². The highest BCUT2D eigenvalue weighted by molar-refractivity contribution is 5.22. The molecule has 1 aromatic rings. The number of nitrogen functional groups attached to an aromatic ring is 1. The zero-order valence-electron chi connectivity index (χ0n) is 5.83. The zero-order valence-corrected chi connectivity index (χ0v) is 5.83. The van der Waals surface area contributed by atoms with Gasteiger partial charge in [-0.25, -0.2) is 9.97 Å². The van der Waals surface area contributed by atoms with Crippen molar-refractivity contribution in [3.05, 3.63) is 18.6 Å². The van der Waals surface area contributed by atoms with Crippen LogP contribution in [0.2, 0.25) is 0 Å². The summed E-state index contributed by atoms with van der Waals surface area (Å²) in [5, 5.41) is 0. The van der Waals surface area contributed by atoms with Crippen molar-refractivity contribution in [2.24, 2.45) is 0 Å². The topological polar surface area (TPSA) is 51.8 Å². The van der Waals surface area contributed by atoms with Crippen LogP contribution in [0.25, 0.3) is 0 Å². The number of aromatic nitrogens is 2. The molecule has 0 unspecified atom stereocenters. The molecule has 0 aliphatic heterocycles. The van der Waals surface area contributed by atoms with E-state index in [2.05, 4.69) is 9.97 Å². The molecule has 0 bridgehead atoms. The fourth-order valence-electron chi connectivity index (χ4n) is 0.301. The molecule has 0 radical (unpaired) electrons. The van der Waals surface area contributed by atoms with Gasteiger partial charge < -0.3 is 5.73 Å². The SMILES string of the molecule is C1CC1.Nc1ccncn1. The average molecular weight is 137 g/mol. The molecule has 1 fully saturated rings. The molecule has 0 aromatic carbocycles. The lowest BCUT2D eigenvalue weighted by molar-refractivity contribution is 1.18. The van der Waals surface area contributed by atoms with Gasteiger partial charge in [0.05, 0.1) is 0 Å². The molecule has 3 heteroatoms. The normalized spacial score (nSPS) is 13.2. The van der Waals surface area contributed by atoms with Crippen molar-refractivity contribution >= 4 is 5.82 Å². The number of hydrogen-bond donors (Lipinski definition) is 1. The molecule has 1 heterocycles. The second-order valence-electron chi connectivity index (χ2n) is 2.19. The summed E-state index contributed by atoms with van der Waals surface area (Å²) in [4.78, 5) is 7.30. The number of nitrogens with two attached hydrogens (primary N) is 1. The molecule has 1 saturated carbocycles. The summed E-state index contributed by atoms with van der Waals surface area (Å²) in [6, 6.07) is 1.64. The Morgan fingerprint density at radius 2 is 2.00 bits per heavy atom. The van der Waals surface area contributed by atoms with Gasteiger partial charge in [0.1, 0.15) is 12.1 Å². The van der Waals surface area contributed by atoms with Crippen molar-refractivity contribution < 1.29 is 0 Å². The highest BCUT2D eigenvalue weighted by Gasteiger charge is 1.95. The lowest BCUT2D eigenvalue weighted by atomic mass is 10.6. The van der Waals surface area contributed by atoms with Gasteiger partial charge in [-0.15, -0.1) is 0 Å². The first-order chi connectivity index (χ1) is 4.89. The standard InChI is InChI=1S/C4H5N3.C3H6/c5-4-1-2-6-3-7-4;1-2-3-1/h1-3H,(H2,5,6,7);1-3H2. The molecular formula is C7H11N3. The summed E-state index contributed by atoms with van der Waals surface area (Å²) < 4.78 is 0. The van der Waals surface area contributed by atoms with E-state index in [1.54, 1.807) is 12.3 Å². The lowest BCUT2D eigenvalue weighted by Crippen LogP contribution is -1.87. The van der Waals surface area contributed by atoms with E-state index in [9.17, 15) is 0 Å². The van der Waals surface area contributed by atoms with Gasteiger partial charge in [0, 0.05) is 6.20 Å². The fraction of sp³-hybridized carbons (Fsp3) is 0.429. The minimum Gasteiger partial charge on any atom is -0.384 e. The monoisotopic (exact) mass is 137 g/mol. The maximum atomic E-state index is 5.21. The van der Waals surface area contributed by atoms with Crippen LogP contribution in [0.3, 0.4) is 0 Å². The van der Waals surface area contributed by atoms with E-state index in [1.807, 2.05) is 0 Å². The van der Waals surface area contributed by atoms with Crippen molar-refractivity contribution in [2.75, 3.05) is 5.73 Å². The van der Waals surface area contributed by atoms with Crippen LogP contribution in [0.5, 0.6) is 0 Å². The van der Waals surface area contributed by atoms with E-state index in [1.165, 1.54) is 25.6 Å². The Kier molecular flexibility index (Phi) is 2.67. The Labute approximate surface area is 60.3 Å². The minimum atomic E-state index is 0.509. The minimum absolute atomic E-state index is 0.509. The van der Waals surface area contributed by atoms with Crippen molar-refractivity contribution in [3.8, 4) is 0 Å². The summed E-state index contributed by atoms with van der Waals surface area (Å²) in [6.45, 7) is 0. The van der Waals surface area contributed by atoms with Crippen LogP contribution in [-0.4, -0.2) is 9.97 Å². The maximum Gasteiger partial charge on any atom is 0.126 e. The second-order valence-corrected chi connectivity index (χ2v) is 2.19. The lowest BCUT2D eigenvalue weighted by Gasteiger charge is -1.82. The summed E-state index contributed by atoms with van der Waals surface area (Å²) >= 11 is 0. The van der Waals surface area contributed by atoms with E-state index < -0.39 is 0 Å². The Bertz CT molecular complexity index is 169. The summed E-state index contributed by atoms with van der Waals surface area (Å²) in [5.74, 6) is 0.509. The Morgan fingerprint density at radius 3 is 2.20 bits per heavy atom. The predicted molar refractivity (Wildman–Crippen MR) is 40.3 cm³/mol. The van der Waals surface area contributed by atoms with E-state index in [0.29, 0.717) is 5.82 Å². The molecule has 1 aliphatic rings. The molecule has 0 saturated heterocycles. The van der Waals surface area contributed by atoms with Crippen LogP contribution in [0.4, 0.5) is 5.82 Å². The van der Waals surface area contributed by atoms with Gasteiger partial charge in [-0.1, -0.05) is 19.3 Å². The molecule has 1 aromatic heterocycles. The number of nitrogens with zero attached hydrogens (tertiary/aromatic N) is 2. The molecule has 2 rings (SSSR count). The first-order valence-corrected chi connectivity index (χ1v) is 3.41. The average Bonchev–Trinajstić information content (AvgIpc) is 2.73. The van der Waals surface area contributed by atoms with Crippen molar-refractivity contribution in [1.82, 2.24) is 9.97 Å². The van der Waals surface area contributed by atoms with E-state index in [4.69, 9.17) is 5.73 Å². The van der Waals surface area contributed by atoms with E-state index >= 15 is 0 Å². The zero-order chi connectivity index (χ0) is 7.23. The van der Waals surface area contributed by atoms with Crippen LogP contribution in [0, 0.1) is 0 Å². The predicted octanol–water partition coefficient (Wildman–Crippen LogP) is 1.23. The molecule has 0 spiro atoms. The Balaban J connectivity index is 0.000000138. The third kappa shape index (κ3) is 3.83. The number of anilines is 1. The van der Waals surface area contributed by atoms with E-state index in [-0.39, 0.29) is 0 Å². The summed E-state index contributed by atoms with van der Waals surface area (Å²) in [7, 11) is 0. The Hall–Kier alpha value is -1.12. The quantitative estimate of drug-likeness (QED) is 0.585. The number of hydrogen-bond acceptors (Lipinski definition) is 3. The Morgan fingerprint density at radius 1 is 1.30 bits per heavy atom. The van der Waals surface area contributed by atoms with Gasteiger partial charge in [0.25, 0.3) is 0 Å². The van der Waals surface area contributed by atoms with Crippen molar-refractivity contribution in [3.63, 3.8) is 0 Å². The molecule has 0 amide bonds. The highest BCUT2D eigenvalue weighted by atomic mass is 14.9. The van der Waals surface area contributed by atoms with Gasteiger partial charge in [-0.3, -0.25) is 0 Å². The number of rotatable bonds is 0. The van der Waals surface area contributed by atoms with Crippen molar-refractivity contribution in [2.45, 2.75) is 19.3 Å². The van der Waals surface area contributed by atoms with Gasteiger partial charge in [-0.05, 0) is 6.07 Å².